The number of anilines is 1. The van der Waals surface area contributed by atoms with Crippen LogP contribution >= 0.6 is 0 Å². The summed E-state index contributed by atoms with van der Waals surface area (Å²) in [4.78, 5) is 15.0. The molecule has 0 spiro atoms. The molecule has 126 valence electrons. The molecule has 2 saturated heterocycles. The number of nitro groups is 1. The van der Waals surface area contributed by atoms with Gasteiger partial charge in [0.1, 0.15) is 6.17 Å². The van der Waals surface area contributed by atoms with Crippen molar-refractivity contribution in [3.8, 4) is 5.75 Å². The minimum absolute atomic E-state index is 0.0165. The molecule has 0 saturated carbocycles. The SMILES string of the molecule is COc1cc(N2CCC(N3CC[C@H](F)C3)CC2)ccc1[N+](=O)[O-]. The first kappa shape index (κ1) is 16.0. The zero-order valence-corrected chi connectivity index (χ0v) is 13.3. The number of hydrogen-bond acceptors (Lipinski definition) is 5. The zero-order chi connectivity index (χ0) is 16.4. The predicted molar refractivity (Wildman–Crippen MR) is 86.0 cm³/mol. The molecule has 1 atom stereocenters. The number of nitro benzene ring substituents is 1. The summed E-state index contributed by atoms with van der Waals surface area (Å²) in [5.74, 6) is 0.287. The van der Waals surface area contributed by atoms with Gasteiger partial charge in [0.2, 0.25) is 0 Å². The molecule has 2 heterocycles. The zero-order valence-electron chi connectivity index (χ0n) is 13.3. The third-order valence-corrected chi connectivity index (χ3v) is 4.87. The molecule has 2 fully saturated rings. The Labute approximate surface area is 135 Å². The quantitative estimate of drug-likeness (QED) is 0.630. The number of ether oxygens (including phenoxy) is 1. The average Bonchev–Trinajstić information content (AvgIpc) is 3.00. The van der Waals surface area contributed by atoms with Gasteiger partial charge in [0.05, 0.1) is 12.0 Å². The molecule has 0 amide bonds. The van der Waals surface area contributed by atoms with Gasteiger partial charge in [-0.25, -0.2) is 4.39 Å². The summed E-state index contributed by atoms with van der Waals surface area (Å²) in [6.07, 6.45) is 1.96. The van der Waals surface area contributed by atoms with Gasteiger partial charge in [-0.1, -0.05) is 0 Å². The van der Waals surface area contributed by atoms with Crippen molar-refractivity contribution in [2.75, 3.05) is 38.2 Å². The van der Waals surface area contributed by atoms with Crippen LogP contribution in [0.25, 0.3) is 0 Å². The highest BCUT2D eigenvalue weighted by molar-refractivity contribution is 5.59. The van der Waals surface area contributed by atoms with Crippen LogP contribution in [-0.4, -0.2) is 55.3 Å². The van der Waals surface area contributed by atoms with Crippen molar-refractivity contribution in [1.29, 1.82) is 0 Å². The van der Waals surface area contributed by atoms with Crippen LogP contribution in [0, 0.1) is 10.1 Å². The molecule has 7 heteroatoms. The van der Waals surface area contributed by atoms with E-state index in [1.54, 1.807) is 12.1 Å². The number of piperidine rings is 1. The number of likely N-dealkylation sites (tertiary alicyclic amines) is 1. The number of hydrogen-bond donors (Lipinski definition) is 0. The molecule has 0 aromatic heterocycles. The largest absolute Gasteiger partial charge is 0.490 e. The van der Waals surface area contributed by atoms with Gasteiger partial charge in [-0.2, -0.15) is 0 Å². The predicted octanol–water partition coefficient (Wildman–Crippen LogP) is 2.62. The van der Waals surface area contributed by atoms with Gasteiger partial charge in [-0.15, -0.1) is 0 Å². The van der Waals surface area contributed by atoms with E-state index >= 15 is 0 Å². The molecule has 3 rings (SSSR count). The number of halogens is 1. The lowest BCUT2D eigenvalue weighted by atomic mass is 10.0. The summed E-state index contributed by atoms with van der Waals surface area (Å²) in [6.45, 7) is 3.17. The number of rotatable bonds is 4. The van der Waals surface area contributed by atoms with Crippen LogP contribution in [0.5, 0.6) is 5.75 Å². The lowest BCUT2D eigenvalue weighted by Crippen LogP contribution is -2.44. The van der Waals surface area contributed by atoms with Crippen LogP contribution in [0.15, 0.2) is 18.2 Å². The van der Waals surface area contributed by atoms with Crippen molar-refractivity contribution in [2.24, 2.45) is 0 Å². The maximum absolute atomic E-state index is 13.3. The standard InChI is InChI=1S/C16H22FN3O3/c1-23-16-10-14(2-3-15(16)20(21)22)18-8-5-13(6-9-18)19-7-4-12(17)11-19/h2-3,10,12-13H,4-9,11H2,1H3/t12-/m0/s1. The molecule has 0 bridgehead atoms. The monoisotopic (exact) mass is 323 g/mol. The average molecular weight is 323 g/mol. The molecule has 1 aromatic carbocycles. The van der Waals surface area contributed by atoms with Crippen molar-refractivity contribution in [3.05, 3.63) is 28.3 Å². The normalized spacial score (nSPS) is 23.2. The van der Waals surface area contributed by atoms with Gasteiger partial charge in [-0.05, 0) is 25.3 Å². The van der Waals surface area contributed by atoms with Gasteiger partial charge in [0.25, 0.3) is 0 Å². The van der Waals surface area contributed by atoms with E-state index in [0.717, 1.165) is 38.2 Å². The third-order valence-electron chi connectivity index (χ3n) is 4.87. The molecule has 2 aliphatic heterocycles. The smallest absolute Gasteiger partial charge is 0.311 e. The lowest BCUT2D eigenvalue weighted by molar-refractivity contribution is -0.385. The Morgan fingerprint density at radius 3 is 2.57 bits per heavy atom. The first-order chi connectivity index (χ1) is 11.1. The fourth-order valence-electron chi connectivity index (χ4n) is 3.58. The first-order valence-electron chi connectivity index (χ1n) is 8.04. The van der Waals surface area contributed by atoms with Gasteiger partial charge in [0, 0.05) is 50.0 Å². The second-order valence-corrected chi connectivity index (χ2v) is 6.21. The van der Waals surface area contributed by atoms with E-state index < -0.39 is 11.1 Å². The fourth-order valence-corrected chi connectivity index (χ4v) is 3.58. The van der Waals surface area contributed by atoms with Gasteiger partial charge in [0.15, 0.2) is 5.75 Å². The third kappa shape index (κ3) is 3.39. The molecule has 0 aliphatic carbocycles. The van der Waals surface area contributed by atoms with Crippen LogP contribution in [0.2, 0.25) is 0 Å². The lowest BCUT2D eigenvalue weighted by Gasteiger charge is -2.37. The number of alkyl halides is 1. The molecular formula is C16H22FN3O3. The van der Waals surface area contributed by atoms with Crippen molar-refractivity contribution >= 4 is 11.4 Å². The first-order valence-corrected chi connectivity index (χ1v) is 8.04. The van der Waals surface area contributed by atoms with Crippen LogP contribution in [0.1, 0.15) is 19.3 Å². The molecule has 23 heavy (non-hydrogen) atoms. The highest BCUT2D eigenvalue weighted by Gasteiger charge is 2.31. The Bertz CT molecular complexity index is 576. The van der Waals surface area contributed by atoms with Crippen LogP contribution < -0.4 is 9.64 Å². The van der Waals surface area contributed by atoms with Crippen molar-refractivity contribution in [1.82, 2.24) is 4.90 Å². The number of nitrogens with zero attached hydrogens (tertiary/aromatic N) is 3. The molecule has 0 N–H and O–H groups in total. The molecule has 1 aromatic rings. The maximum atomic E-state index is 13.3. The molecule has 0 unspecified atom stereocenters. The summed E-state index contributed by atoms with van der Waals surface area (Å²) >= 11 is 0. The van der Waals surface area contributed by atoms with E-state index in [9.17, 15) is 14.5 Å². The maximum Gasteiger partial charge on any atom is 0.311 e. The summed E-state index contributed by atoms with van der Waals surface area (Å²) in [5.41, 5.74) is 0.924. The van der Waals surface area contributed by atoms with E-state index in [1.165, 1.54) is 13.2 Å². The molecular weight excluding hydrogens is 301 g/mol. The summed E-state index contributed by atoms with van der Waals surface area (Å²) in [7, 11) is 1.44. The van der Waals surface area contributed by atoms with Gasteiger partial charge in [-0.3, -0.25) is 15.0 Å². The highest BCUT2D eigenvalue weighted by Crippen LogP contribution is 2.33. The van der Waals surface area contributed by atoms with Gasteiger partial charge >= 0.3 is 5.69 Å². The summed E-state index contributed by atoms with van der Waals surface area (Å²) < 4.78 is 18.5. The molecule has 2 aliphatic rings. The van der Waals surface area contributed by atoms with Gasteiger partial charge < -0.3 is 9.64 Å². The summed E-state index contributed by atoms with van der Waals surface area (Å²) in [6, 6.07) is 5.45. The van der Waals surface area contributed by atoms with E-state index in [0.29, 0.717) is 19.0 Å². The molecule has 0 radical (unpaired) electrons. The summed E-state index contributed by atoms with van der Waals surface area (Å²) in [5, 5.41) is 11.0. The van der Waals surface area contributed by atoms with E-state index in [1.807, 2.05) is 0 Å². The molecule has 6 nitrogen and oxygen atoms in total. The van der Waals surface area contributed by atoms with Crippen LogP contribution in [0.3, 0.4) is 0 Å². The minimum Gasteiger partial charge on any atom is -0.490 e. The number of methoxy groups -OCH3 is 1. The van der Waals surface area contributed by atoms with E-state index in [-0.39, 0.29) is 11.4 Å². The van der Waals surface area contributed by atoms with Crippen LogP contribution in [0.4, 0.5) is 15.8 Å². The minimum atomic E-state index is -0.674. The van der Waals surface area contributed by atoms with Crippen molar-refractivity contribution in [3.63, 3.8) is 0 Å². The second-order valence-electron chi connectivity index (χ2n) is 6.21. The Hall–Kier alpha value is -1.89. The fraction of sp³-hybridized carbons (Fsp3) is 0.625. The van der Waals surface area contributed by atoms with E-state index in [4.69, 9.17) is 4.74 Å². The van der Waals surface area contributed by atoms with E-state index in [2.05, 4.69) is 9.80 Å². The van der Waals surface area contributed by atoms with Crippen LogP contribution in [-0.2, 0) is 0 Å². The van der Waals surface area contributed by atoms with Crippen molar-refractivity contribution < 1.29 is 14.1 Å². The van der Waals surface area contributed by atoms with Crippen molar-refractivity contribution in [2.45, 2.75) is 31.5 Å². The Kier molecular flexibility index (Phi) is 4.66. The second kappa shape index (κ2) is 6.70. The Morgan fingerprint density at radius 2 is 2.00 bits per heavy atom. The topological polar surface area (TPSA) is 58.8 Å². The highest BCUT2D eigenvalue weighted by atomic mass is 19.1. The Balaban J connectivity index is 1.64. The Morgan fingerprint density at radius 1 is 1.26 bits per heavy atom. The number of benzene rings is 1.